The molecule has 4 nitrogen and oxygen atoms in total. The lowest BCUT2D eigenvalue weighted by atomic mass is 10.1. The Bertz CT molecular complexity index is 403. The van der Waals surface area contributed by atoms with Crippen LogP contribution in [0.5, 0.6) is 0 Å². The molecule has 0 heterocycles. The van der Waals surface area contributed by atoms with Crippen molar-refractivity contribution in [3.8, 4) is 0 Å². The first-order valence-electron chi connectivity index (χ1n) is 5.23. The average molecular weight is 256 g/mol. The number of carboxylic acid groups (broad SMARTS) is 1. The third-order valence-corrected chi connectivity index (χ3v) is 2.56. The third-order valence-electron chi connectivity index (χ3n) is 2.30. The maximum absolute atomic E-state index is 11.5. The molecular formula is C12H14ClNO3. The standard InChI is InChI=1S/C12H14ClNO3/c1-8(12(16)17)7-14-11(15)6-9-2-4-10(13)5-3-9/h2-5,8H,6-7H2,1H3,(H,14,15)(H,16,17). The van der Waals surface area contributed by atoms with Crippen LogP contribution >= 0.6 is 11.6 Å². The normalized spacial score (nSPS) is 11.9. The fourth-order valence-corrected chi connectivity index (χ4v) is 1.33. The lowest BCUT2D eigenvalue weighted by Crippen LogP contribution is -2.32. The summed E-state index contributed by atoms with van der Waals surface area (Å²) in [6.07, 6.45) is 0.226. The molecule has 0 saturated heterocycles. The summed E-state index contributed by atoms with van der Waals surface area (Å²) < 4.78 is 0. The van der Waals surface area contributed by atoms with E-state index in [1.54, 1.807) is 31.2 Å². The minimum absolute atomic E-state index is 0.141. The van der Waals surface area contributed by atoms with Crippen molar-refractivity contribution in [3.63, 3.8) is 0 Å². The molecule has 1 atom stereocenters. The molecule has 1 aromatic rings. The van der Waals surface area contributed by atoms with Crippen molar-refractivity contribution >= 4 is 23.5 Å². The molecule has 5 heteroatoms. The van der Waals surface area contributed by atoms with Gasteiger partial charge in [0.25, 0.3) is 0 Å². The molecule has 0 saturated carbocycles. The second-order valence-corrected chi connectivity index (χ2v) is 4.28. The van der Waals surface area contributed by atoms with E-state index in [2.05, 4.69) is 5.32 Å². The number of carbonyl (C=O) groups is 2. The molecule has 0 aliphatic rings. The van der Waals surface area contributed by atoms with Gasteiger partial charge in [-0.15, -0.1) is 0 Å². The van der Waals surface area contributed by atoms with Gasteiger partial charge in [0.2, 0.25) is 5.91 Å². The minimum atomic E-state index is -0.920. The zero-order valence-corrected chi connectivity index (χ0v) is 10.2. The second kappa shape index (κ2) is 6.25. The van der Waals surface area contributed by atoms with Gasteiger partial charge in [-0.1, -0.05) is 30.7 Å². The van der Waals surface area contributed by atoms with Crippen molar-refractivity contribution in [1.29, 1.82) is 0 Å². The van der Waals surface area contributed by atoms with Gasteiger partial charge < -0.3 is 10.4 Å². The van der Waals surface area contributed by atoms with Crippen molar-refractivity contribution < 1.29 is 14.7 Å². The molecule has 1 amide bonds. The van der Waals surface area contributed by atoms with Crippen molar-refractivity contribution in [2.45, 2.75) is 13.3 Å². The highest BCUT2D eigenvalue weighted by molar-refractivity contribution is 6.30. The van der Waals surface area contributed by atoms with E-state index < -0.39 is 11.9 Å². The molecule has 0 radical (unpaired) electrons. The summed E-state index contributed by atoms with van der Waals surface area (Å²) in [5, 5.41) is 11.8. The Labute approximate surface area is 105 Å². The highest BCUT2D eigenvalue weighted by Crippen LogP contribution is 2.09. The van der Waals surface area contributed by atoms with E-state index in [0.717, 1.165) is 5.56 Å². The summed E-state index contributed by atoms with van der Waals surface area (Å²) in [6, 6.07) is 6.96. The fourth-order valence-electron chi connectivity index (χ4n) is 1.20. The number of aliphatic carboxylic acids is 1. The van der Waals surface area contributed by atoms with Crippen LogP contribution in [0.15, 0.2) is 24.3 Å². The average Bonchev–Trinajstić information content (AvgIpc) is 2.29. The van der Waals surface area contributed by atoms with Crippen LogP contribution in [-0.2, 0) is 16.0 Å². The highest BCUT2D eigenvalue weighted by atomic mass is 35.5. The van der Waals surface area contributed by atoms with E-state index in [1.807, 2.05) is 0 Å². The first-order chi connectivity index (χ1) is 7.99. The Morgan fingerprint density at radius 1 is 1.35 bits per heavy atom. The summed E-state index contributed by atoms with van der Waals surface area (Å²) in [7, 11) is 0. The number of carboxylic acids is 1. The van der Waals surface area contributed by atoms with Gasteiger partial charge in [0.1, 0.15) is 0 Å². The van der Waals surface area contributed by atoms with Gasteiger partial charge >= 0.3 is 5.97 Å². The van der Waals surface area contributed by atoms with Gasteiger partial charge in [-0.3, -0.25) is 9.59 Å². The monoisotopic (exact) mass is 255 g/mol. The zero-order valence-electron chi connectivity index (χ0n) is 9.44. The number of rotatable bonds is 5. The number of amides is 1. The highest BCUT2D eigenvalue weighted by Gasteiger charge is 2.12. The number of hydrogen-bond donors (Lipinski definition) is 2. The number of carbonyl (C=O) groups excluding carboxylic acids is 1. The van der Waals surface area contributed by atoms with Gasteiger partial charge in [-0.05, 0) is 17.7 Å². The van der Waals surface area contributed by atoms with Gasteiger partial charge in [-0.2, -0.15) is 0 Å². The predicted octanol–water partition coefficient (Wildman–Crippen LogP) is 1.72. The maximum atomic E-state index is 11.5. The van der Waals surface area contributed by atoms with Crippen LogP contribution in [0.25, 0.3) is 0 Å². The van der Waals surface area contributed by atoms with E-state index in [-0.39, 0.29) is 18.9 Å². The second-order valence-electron chi connectivity index (χ2n) is 3.85. The Kier molecular flexibility index (Phi) is 4.97. The Morgan fingerprint density at radius 2 is 1.94 bits per heavy atom. The van der Waals surface area contributed by atoms with E-state index in [1.165, 1.54) is 0 Å². The molecule has 92 valence electrons. The van der Waals surface area contributed by atoms with Crippen molar-refractivity contribution in [3.05, 3.63) is 34.9 Å². The smallest absolute Gasteiger partial charge is 0.308 e. The van der Waals surface area contributed by atoms with E-state index in [4.69, 9.17) is 16.7 Å². The molecule has 0 bridgehead atoms. The minimum Gasteiger partial charge on any atom is -0.481 e. The Morgan fingerprint density at radius 3 is 2.47 bits per heavy atom. The Hall–Kier alpha value is -1.55. The molecule has 1 aromatic carbocycles. The van der Waals surface area contributed by atoms with E-state index in [9.17, 15) is 9.59 Å². The van der Waals surface area contributed by atoms with Gasteiger partial charge in [0, 0.05) is 11.6 Å². The number of benzene rings is 1. The summed E-state index contributed by atoms with van der Waals surface area (Å²) in [4.78, 5) is 22.0. The predicted molar refractivity (Wildman–Crippen MR) is 65.0 cm³/mol. The van der Waals surface area contributed by atoms with Crippen molar-refractivity contribution in [2.24, 2.45) is 5.92 Å². The van der Waals surface area contributed by atoms with Gasteiger partial charge in [0.05, 0.1) is 12.3 Å². The van der Waals surface area contributed by atoms with Crippen LogP contribution in [-0.4, -0.2) is 23.5 Å². The van der Waals surface area contributed by atoms with Gasteiger partial charge in [0.15, 0.2) is 0 Å². The SMILES string of the molecule is CC(CNC(=O)Cc1ccc(Cl)cc1)C(=O)O. The lowest BCUT2D eigenvalue weighted by Gasteiger charge is -2.08. The number of nitrogens with one attached hydrogen (secondary N) is 1. The maximum Gasteiger partial charge on any atom is 0.308 e. The van der Waals surface area contributed by atoms with Gasteiger partial charge in [-0.25, -0.2) is 0 Å². The molecular weight excluding hydrogens is 242 g/mol. The summed E-state index contributed by atoms with van der Waals surface area (Å²) >= 11 is 5.72. The van der Waals surface area contributed by atoms with Crippen LogP contribution in [0.4, 0.5) is 0 Å². The first-order valence-corrected chi connectivity index (χ1v) is 5.61. The molecule has 0 fully saturated rings. The Balaban J connectivity index is 2.39. The molecule has 2 N–H and O–H groups in total. The zero-order chi connectivity index (χ0) is 12.8. The van der Waals surface area contributed by atoms with Crippen LogP contribution in [0.3, 0.4) is 0 Å². The van der Waals surface area contributed by atoms with Crippen molar-refractivity contribution in [1.82, 2.24) is 5.32 Å². The molecule has 0 spiro atoms. The largest absolute Gasteiger partial charge is 0.481 e. The molecule has 17 heavy (non-hydrogen) atoms. The third kappa shape index (κ3) is 4.87. The van der Waals surface area contributed by atoms with Crippen LogP contribution < -0.4 is 5.32 Å². The van der Waals surface area contributed by atoms with Crippen LogP contribution in [0.2, 0.25) is 5.02 Å². The number of hydrogen-bond acceptors (Lipinski definition) is 2. The summed E-state index contributed by atoms with van der Waals surface area (Å²) in [5.41, 5.74) is 0.842. The molecule has 0 aliphatic carbocycles. The molecule has 0 aliphatic heterocycles. The number of halogens is 1. The summed E-state index contributed by atoms with van der Waals surface area (Å²) in [5.74, 6) is -1.69. The summed E-state index contributed by atoms with van der Waals surface area (Å²) in [6.45, 7) is 1.69. The van der Waals surface area contributed by atoms with Crippen molar-refractivity contribution in [2.75, 3.05) is 6.54 Å². The lowest BCUT2D eigenvalue weighted by molar-refractivity contribution is -0.141. The molecule has 0 aromatic heterocycles. The van der Waals surface area contributed by atoms with Crippen LogP contribution in [0.1, 0.15) is 12.5 Å². The molecule has 1 unspecified atom stereocenters. The fraction of sp³-hybridized carbons (Fsp3) is 0.333. The van der Waals surface area contributed by atoms with Crippen LogP contribution in [0, 0.1) is 5.92 Å². The topological polar surface area (TPSA) is 66.4 Å². The van der Waals surface area contributed by atoms with E-state index in [0.29, 0.717) is 5.02 Å². The first kappa shape index (κ1) is 13.5. The molecule has 1 rings (SSSR count). The van der Waals surface area contributed by atoms with E-state index >= 15 is 0 Å². The quantitative estimate of drug-likeness (QED) is 0.842.